The molecule has 1 aromatic rings. The molecule has 122 valence electrons. The first-order chi connectivity index (χ1) is 10.4. The number of nitrogens with one attached hydrogen (secondary N) is 1. The van der Waals surface area contributed by atoms with Gasteiger partial charge in [0, 0.05) is 31.1 Å². The van der Waals surface area contributed by atoms with Gasteiger partial charge >= 0.3 is 0 Å². The van der Waals surface area contributed by atoms with E-state index in [4.69, 9.17) is 9.47 Å². The average Bonchev–Trinajstić information content (AvgIpc) is 2.48. The fraction of sp³-hybridized carbons (Fsp3) is 0.588. The molecule has 1 saturated heterocycles. The third-order valence-corrected chi connectivity index (χ3v) is 3.94. The van der Waals surface area contributed by atoms with Gasteiger partial charge in [-0.15, -0.1) is 0 Å². The number of rotatable bonds is 5. The molecule has 0 bridgehead atoms. The second-order valence-corrected chi connectivity index (χ2v) is 6.44. The molecule has 1 aliphatic heterocycles. The van der Waals surface area contributed by atoms with Crippen LogP contribution in [0.5, 0.6) is 0 Å². The summed E-state index contributed by atoms with van der Waals surface area (Å²) in [6.45, 7) is 8.70. The minimum absolute atomic E-state index is 0.0400. The summed E-state index contributed by atoms with van der Waals surface area (Å²) < 4.78 is 10.6. The molecule has 1 aliphatic rings. The monoisotopic (exact) mass is 306 g/mol. The summed E-state index contributed by atoms with van der Waals surface area (Å²) in [7, 11) is 1.60. The highest BCUT2D eigenvalue weighted by atomic mass is 16.5. The SMILES string of the molecule is COCC(C)(C)C(=O)Nc1ccc(N2CCOC[C@@H]2C)cc1. The molecule has 2 rings (SSSR count). The largest absolute Gasteiger partial charge is 0.384 e. The Balaban J connectivity index is 2.01. The van der Waals surface area contributed by atoms with Crippen LogP contribution in [0.4, 0.5) is 11.4 Å². The molecule has 0 unspecified atom stereocenters. The van der Waals surface area contributed by atoms with Crippen molar-refractivity contribution in [3.05, 3.63) is 24.3 Å². The summed E-state index contributed by atoms with van der Waals surface area (Å²) in [5.41, 5.74) is 1.41. The van der Waals surface area contributed by atoms with Gasteiger partial charge < -0.3 is 19.7 Å². The summed E-state index contributed by atoms with van der Waals surface area (Å²) in [5, 5.41) is 2.95. The number of anilines is 2. The van der Waals surface area contributed by atoms with Gasteiger partial charge in [0.15, 0.2) is 0 Å². The fourth-order valence-electron chi connectivity index (χ4n) is 2.57. The molecule has 22 heavy (non-hydrogen) atoms. The quantitative estimate of drug-likeness (QED) is 0.908. The minimum atomic E-state index is -0.549. The maximum Gasteiger partial charge on any atom is 0.232 e. The second kappa shape index (κ2) is 7.11. The van der Waals surface area contributed by atoms with Crippen molar-refractivity contribution in [2.24, 2.45) is 5.41 Å². The van der Waals surface area contributed by atoms with E-state index < -0.39 is 5.41 Å². The Bertz CT molecular complexity index is 499. The number of carbonyl (C=O) groups excluding carboxylic acids is 1. The predicted molar refractivity (Wildman–Crippen MR) is 88.4 cm³/mol. The van der Waals surface area contributed by atoms with E-state index in [1.54, 1.807) is 7.11 Å². The van der Waals surface area contributed by atoms with Crippen molar-refractivity contribution < 1.29 is 14.3 Å². The molecule has 0 saturated carbocycles. The van der Waals surface area contributed by atoms with E-state index >= 15 is 0 Å². The van der Waals surface area contributed by atoms with E-state index in [0.717, 1.165) is 31.1 Å². The van der Waals surface area contributed by atoms with Crippen LogP contribution < -0.4 is 10.2 Å². The number of ether oxygens (including phenoxy) is 2. The van der Waals surface area contributed by atoms with Gasteiger partial charge in [0.25, 0.3) is 0 Å². The van der Waals surface area contributed by atoms with E-state index in [9.17, 15) is 4.79 Å². The predicted octanol–water partition coefficient (Wildman–Crippen LogP) is 2.52. The minimum Gasteiger partial charge on any atom is -0.384 e. The number of carbonyl (C=O) groups is 1. The van der Waals surface area contributed by atoms with E-state index in [1.165, 1.54) is 0 Å². The second-order valence-electron chi connectivity index (χ2n) is 6.44. The Kier molecular flexibility index (Phi) is 5.42. The molecule has 1 amide bonds. The molecule has 5 heteroatoms. The maximum atomic E-state index is 12.2. The average molecular weight is 306 g/mol. The third-order valence-electron chi connectivity index (χ3n) is 3.94. The van der Waals surface area contributed by atoms with Crippen LogP contribution in [0.25, 0.3) is 0 Å². The molecule has 1 heterocycles. The fourth-order valence-corrected chi connectivity index (χ4v) is 2.57. The highest BCUT2D eigenvalue weighted by molar-refractivity contribution is 5.95. The Labute approximate surface area is 132 Å². The van der Waals surface area contributed by atoms with Crippen molar-refractivity contribution in [2.45, 2.75) is 26.8 Å². The topological polar surface area (TPSA) is 50.8 Å². The summed E-state index contributed by atoms with van der Waals surface area (Å²) in [6, 6.07) is 8.34. The molecule has 0 spiro atoms. The number of nitrogens with zero attached hydrogens (tertiary/aromatic N) is 1. The zero-order valence-electron chi connectivity index (χ0n) is 13.9. The van der Waals surface area contributed by atoms with Gasteiger partial charge in [-0.25, -0.2) is 0 Å². The Morgan fingerprint density at radius 1 is 1.41 bits per heavy atom. The van der Waals surface area contributed by atoms with E-state index in [-0.39, 0.29) is 5.91 Å². The normalized spacial score (nSPS) is 19.1. The van der Waals surface area contributed by atoms with Crippen LogP contribution in [0.2, 0.25) is 0 Å². The van der Waals surface area contributed by atoms with Gasteiger partial charge in [0.1, 0.15) is 0 Å². The molecule has 0 radical (unpaired) electrons. The molecule has 1 aromatic carbocycles. The van der Waals surface area contributed by atoms with Crippen molar-refractivity contribution >= 4 is 17.3 Å². The molecular weight excluding hydrogens is 280 g/mol. The summed E-state index contributed by atoms with van der Waals surface area (Å²) in [4.78, 5) is 14.6. The van der Waals surface area contributed by atoms with Gasteiger partial charge in [-0.2, -0.15) is 0 Å². The number of hydrogen-bond acceptors (Lipinski definition) is 4. The Morgan fingerprint density at radius 2 is 2.09 bits per heavy atom. The van der Waals surface area contributed by atoms with Gasteiger partial charge in [-0.3, -0.25) is 4.79 Å². The number of benzene rings is 1. The number of amides is 1. The van der Waals surface area contributed by atoms with Crippen LogP contribution in [-0.4, -0.2) is 45.4 Å². The molecule has 1 atom stereocenters. The number of morpholine rings is 1. The summed E-state index contributed by atoms with van der Waals surface area (Å²) in [6.07, 6.45) is 0. The molecular formula is C17H26N2O3. The van der Waals surface area contributed by atoms with Gasteiger partial charge in [-0.05, 0) is 45.0 Å². The van der Waals surface area contributed by atoms with Crippen LogP contribution >= 0.6 is 0 Å². The van der Waals surface area contributed by atoms with E-state index in [1.807, 2.05) is 38.1 Å². The lowest BCUT2D eigenvalue weighted by Crippen LogP contribution is -2.43. The first-order valence-corrected chi connectivity index (χ1v) is 7.69. The first kappa shape index (κ1) is 16.8. The van der Waals surface area contributed by atoms with E-state index in [2.05, 4.69) is 17.1 Å². The molecule has 5 nitrogen and oxygen atoms in total. The van der Waals surface area contributed by atoms with Crippen molar-refractivity contribution in [3.8, 4) is 0 Å². The van der Waals surface area contributed by atoms with Crippen LogP contribution in [-0.2, 0) is 14.3 Å². The molecule has 1 fully saturated rings. The molecule has 1 N–H and O–H groups in total. The number of methoxy groups -OCH3 is 1. The van der Waals surface area contributed by atoms with Crippen LogP contribution in [0.3, 0.4) is 0 Å². The third kappa shape index (κ3) is 3.99. The van der Waals surface area contributed by atoms with Crippen LogP contribution in [0.1, 0.15) is 20.8 Å². The zero-order chi connectivity index (χ0) is 16.2. The van der Waals surface area contributed by atoms with Crippen LogP contribution in [0, 0.1) is 5.41 Å². The van der Waals surface area contributed by atoms with Crippen LogP contribution in [0.15, 0.2) is 24.3 Å². The Morgan fingerprint density at radius 3 is 2.68 bits per heavy atom. The van der Waals surface area contributed by atoms with Gasteiger partial charge in [-0.1, -0.05) is 0 Å². The lowest BCUT2D eigenvalue weighted by molar-refractivity contribution is -0.126. The highest BCUT2D eigenvalue weighted by Crippen LogP contribution is 2.23. The van der Waals surface area contributed by atoms with Crippen molar-refractivity contribution in [3.63, 3.8) is 0 Å². The van der Waals surface area contributed by atoms with Crippen molar-refractivity contribution in [1.82, 2.24) is 0 Å². The van der Waals surface area contributed by atoms with Crippen molar-refractivity contribution in [2.75, 3.05) is 43.7 Å². The lowest BCUT2D eigenvalue weighted by Gasteiger charge is -2.35. The van der Waals surface area contributed by atoms with Gasteiger partial charge in [0.05, 0.1) is 25.2 Å². The highest BCUT2D eigenvalue weighted by Gasteiger charge is 2.27. The lowest BCUT2D eigenvalue weighted by atomic mass is 9.93. The summed E-state index contributed by atoms with van der Waals surface area (Å²) in [5.74, 6) is -0.0400. The molecule has 0 aromatic heterocycles. The van der Waals surface area contributed by atoms with Crippen molar-refractivity contribution in [1.29, 1.82) is 0 Å². The smallest absolute Gasteiger partial charge is 0.232 e. The molecule has 0 aliphatic carbocycles. The van der Waals surface area contributed by atoms with Gasteiger partial charge in [0.2, 0.25) is 5.91 Å². The van der Waals surface area contributed by atoms with E-state index in [0.29, 0.717) is 12.6 Å². The Hall–Kier alpha value is -1.59. The standard InChI is InChI=1S/C17H26N2O3/c1-13-11-22-10-9-19(13)15-7-5-14(6-8-15)18-16(20)17(2,3)12-21-4/h5-8,13H,9-12H2,1-4H3,(H,18,20)/t13-/m0/s1. The summed E-state index contributed by atoms with van der Waals surface area (Å²) >= 11 is 0. The first-order valence-electron chi connectivity index (χ1n) is 7.69. The maximum absolute atomic E-state index is 12.2. The zero-order valence-corrected chi connectivity index (χ0v) is 13.9. The number of hydrogen-bond donors (Lipinski definition) is 1.